The van der Waals surface area contributed by atoms with E-state index in [2.05, 4.69) is 5.32 Å². The first-order valence-electron chi connectivity index (χ1n) is 7.30. The van der Waals surface area contributed by atoms with Gasteiger partial charge in [0.1, 0.15) is 0 Å². The van der Waals surface area contributed by atoms with Crippen LogP contribution < -0.4 is 5.32 Å². The molecule has 1 aliphatic rings. The summed E-state index contributed by atoms with van der Waals surface area (Å²) in [5.41, 5.74) is 1.000. The molecule has 1 unspecified atom stereocenters. The van der Waals surface area contributed by atoms with Crippen molar-refractivity contribution in [3.63, 3.8) is 0 Å². The molecule has 0 saturated carbocycles. The van der Waals surface area contributed by atoms with Gasteiger partial charge in [0.15, 0.2) is 0 Å². The second-order valence-corrected chi connectivity index (χ2v) is 6.04. The molecule has 1 amide bonds. The van der Waals surface area contributed by atoms with Crippen molar-refractivity contribution in [2.24, 2.45) is 5.92 Å². The number of amides is 1. The maximum atomic E-state index is 12.5. The van der Waals surface area contributed by atoms with Crippen molar-refractivity contribution in [2.75, 3.05) is 26.7 Å². The molecule has 1 saturated heterocycles. The van der Waals surface area contributed by atoms with Crippen LogP contribution in [0.3, 0.4) is 0 Å². The van der Waals surface area contributed by atoms with Gasteiger partial charge < -0.3 is 10.2 Å². The average molecular weight is 295 g/mol. The molecule has 1 fully saturated rings. The van der Waals surface area contributed by atoms with E-state index in [0.29, 0.717) is 10.9 Å². The fraction of sp³-hybridized carbons (Fsp3) is 0.562. The Balaban J connectivity index is 1.95. The summed E-state index contributed by atoms with van der Waals surface area (Å²) in [5.74, 6) is 0.801. The standard InChI is InChI=1S/C16H23ClN2O/c1-12(14-4-3-5-15(17)10-14)16(20)19-8-6-13(7-9-19)11-18-2/h3-5,10,12-13,18H,6-9,11H2,1-2H3. The van der Waals surface area contributed by atoms with Gasteiger partial charge in [-0.15, -0.1) is 0 Å². The second kappa shape index (κ2) is 7.09. The maximum Gasteiger partial charge on any atom is 0.229 e. The molecule has 1 heterocycles. The van der Waals surface area contributed by atoms with E-state index >= 15 is 0 Å². The number of hydrogen-bond donors (Lipinski definition) is 1. The van der Waals surface area contributed by atoms with Crippen LogP contribution in [0.25, 0.3) is 0 Å². The fourth-order valence-corrected chi connectivity index (χ4v) is 3.04. The van der Waals surface area contributed by atoms with Gasteiger partial charge in [-0.3, -0.25) is 4.79 Å². The highest BCUT2D eigenvalue weighted by Crippen LogP contribution is 2.24. The zero-order valence-electron chi connectivity index (χ0n) is 12.2. The Kier molecular flexibility index (Phi) is 5.44. The lowest BCUT2D eigenvalue weighted by Crippen LogP contribution is -2.42. The van der Waals surface area contributed by atoms with E-state index in [1.165, 1.54) is 0 Å². The number of nitrogens with one attached hydrogen (secondary N) is 1. The number of carbonyl (C=O) groups is 1. The van der Waals surface area contributed by atoms with E-state index in [4.69, 9.17) is 11.6 Å². The molecule has 1 aliphatic heterocycles. The summed E-state index contributed by atoms with van der Waals surface area (Å²) in [6.07, 6.45) is 2.18. The summed E-state index contributed by atoms with van der Waals surface area (Å²) in [5, 5.41) is 3.91. The topological polar surface area (TPSA) is 32.3 Å². The molecule has 0 radical (unpaired) electrons. The van der Waals surface area contributed by atoms with E-state index in [9.17, 15) is 4.79 Å². The molecule has 0 aliphatic carbocycles. The van der Waals surface area contributed by atoms with Crippen molar-refractivity contribution in [2.45, 2.75) is 25.7 Å². The van der Waals surface area contributed by atoms with Crippen LogP contribution >= 0.6 is 11.6 Å². The number of rotatable bonds is 4. The van der Waals surface area contributed by atoms with Gasteiger partial charge in [0.2, 0.25) is 5.91 Å². The molecule has 0 spiro atoms. The van der Waals surface area contributed by atoms with Gasteiger partial charge in [-0.2, -0.15) is 0 Å². The van der Waals surface area contributed by atoms with Gasteiger partial charge >= 0.3 is 0 Å². The van der Waals surface area contributed by atoms with Crippen molar-refractivity contribution in [1.29, 1.82) is 0 Å². The van der Waals surface area contributed by atoms with Crippen LogP contribution in [0.15, 0.2) is 24.3 Å². The van der Waals surface area contributed by atoms with E-state index in [1.54, 1.807) is 0 Å². The molecule has 1 atom stereocenters. The molecule has 1 aromatic rings. The highest BCUT2D eigenvalue weighted by Gasteiger charge is 2.26. The molecule has 1 aromatic carbocycles. The number of nitrogens with zero attached hydrogens (tertiary/aromatic N) is 1. The number of halogens is 1. The van der Waals surface area contributed by atoms with Gasteiger partial charge in [-0.1, -0.05) is 23.7 Å². The van der Waals surface area contributed by atoms with Crippen LogP contribution in [-0.4, -0.2) is 37.5 Å². The fourth-order valence-electron chi connectivity index (χ4n) is 2.84. The van der Waals surface area contributed by atoms with Gasteiger partial charge in [-0.25, -0.2) is 0 Å². The predicted octanol–water partition coefficient (Wildman–Crippen LogP) is 2.90. The zero-order chi connectivity index (χ0) is 14.5. The minimum Gasteiger partial charge on any atom is -0.342 e. The van der Waals surface area contributed by atoms with E-state index in [-0.39, 0.29) is 11.8 Å². The summed E-state index contributed by atoms with van der Waals surface area (Å²) < 4.78 is 0. The Morgan fingerprint density at radius 2 is 2.15 bits per heavy atom. The monoisotopic (exact) mass is 294 g/mol. The highest BCUT2D eigenvalue weighted by molar-refractivity contribution is 6.30. The third kappa shape index (κ3) is 3.74. The normalized spacial score (nSPS) is 18.1. The lowest BCUT2D eigenvalue weighted by molar-refractivity contribution is -0.133. The van der Waals surface area contributed by atoms with Crippen LogP contribution in [0.1, 0.15) is 31.2 Å². The lowest BCUT2D eigenvalue weighted by atomic mass is 9.94. The number of piperidine rings is 1. The third-order valence-electron chi connectivity index (χ3n) is 4.14. The Labute approximate surface area is 126 Å². The molecule has 110 valence electrons. The van der Waals surface area contributed by atoms with Gasteiger partial charge in [0, 0.05) is 18.1 Å². The smallest absolute Gasteiger partial charge is 0.229 e. The molecule has 0 bridgehead atoms. The molecular formula is C16H23ClN2O. The summed E-state index contributed by atoms with van der Waals surface area (Å²) >= 11 is 6.00. The maximum absolute atomic E-state index is 12.5. The van der Waals surface area contributed by atoms with Crippen LogP contribution in [0.4, 0.5) is 0 Å². The molecule has 4 heteroatoms. The molecule has 0 aromatic heterocycles. The summed E-state index contributed by atoms with van der Waals surface area (Å²) in [7, 11) is 1.98. The number of hydrogen-bond acceptors (Lipinski definition) is 2. The number of likely N-dealkylation sites (tertiary alicyclic amines) is 1. The van der Waals surface area contributed by atoms with Crippen LogP contribution in [0.5, 0.6) is 0 Å². The number of benzene rings is 1. The van der Waals surface area contributed by atoms with Crippen LogP contribution in [0.2, 0.25) is 5.02 Å². The van der Waals surface area contributed by atoms with Crippen molar-refractivity contribution in [3.8, 4) is 0 Å². The first-order valence-corrected chi connectivity index (χ1v) is 7.68. The van der Waals surface area contributed by atoms with Crippen molar-refractivity contribution in [1.82, 2.24) is 10.2 Å². The first-order chi connectivity index (χ1) is 9.61. The SMILES string of the molecule is CNCC1CCN(C(=O)C(C)c2cccc(Cl)c2)CC1. The quantitative estimate of drug-likeness (QED) is 0.926. The van der Waals surface area contributed by atoms with Crippen molar-refractivity contribution in [3.05, 3.63) is 34.9 Å². The lowest BCUT2D eigenvalue weighted by Gasteiger charge is -2.33. The van der Waals surface area contributed by atoms with Gasteiger partial charge in [0.25, 0.3) is 0 Å². The van der Waals surface area contributed by atoms with Crippen molar-refractivity contribution >= 4 is 17.5 Å². The molecular weight excluding hydrogens is 272 g/mol. The zero-order valence-corrected chi connectivity index (χ0v) is 13.0. The molecule has 2 rings (SSSR count). The van der Waals surface area contributed by atoms with Gasteiger partial charge in [0.05, 0.1) is 5.92 Å². The van der Waals surface area contributed by atoms with Gasteiger partial charge in [-0.05, 0) is 57.0 Å². The second-order valence-electron chi connectivity index (χ2n) is 5.60. The molecule has 3 nitrogen and oxygen atoms in total. The Morgan fingerprint density at radius 1 is 1.45 bits per heavy atom. The van der Waals surface area contributed by atoms with Crippen LogP contribution in [-0.2, 0) is 4.79 Å². The summed E-state index contributed by atoms with van der Waals surface area (Å²) in [6.45, 7) is 4.76. The van der Waals surface area contributed by atoms with E-state index in [0.717, 1.165) is 38.0 Å². The highest BCUT2D eigenvalue weighted by atomic mass is 35.5. The predicted molar refractivity (Wildman–Crippen MR) is 83.1 cm³/mol. The summed E-state index contributed by atoms with van der Waals surface area (Å²) in [6, 6.07) is 7.60. The largest absolute Gasteiger partial charge is 0.342 e. The average Bonchev–Trinajstić information content (AvgIpc) is 2.47. The van der Waals surface area contributed by atoms with Crippen LogP contribution in [0, 0.1) is 5.92 Å². The van der Waals surface area contributed by atoms with Crippen molar-refractivity contribution < 1.29 is 4.79 Å². The van der Waals surface area contributed by atoms with E-state index < -0.39 is 0 Å². The Hall–Kier alpha value is -1.06. The molecule has 20 heavy (non-hydrogen) atoms. The minimum atomic E-state index is -0.116. The Bertz CT molecular complexity index is 456. The Morgan fingerprint density at radius 3 is 2.75 bits per heavy atom. The number of carbonyl (C=O) groups excluding carboxylic acids is 1. The first kappa shape index (κ1) is 15.3. The molecule has 1 N–H and O–H groups in total. The van der Waals surface area contributed by atoms with E-state index in [1.807, 2.05) is 43.1 Å². The third-order valence-corrected chi connectivity index (χ3v) is 4.37. The minimum absolute atomic E-state index is 0.116. The summed E-state index contributed by atoms with van der Waals surface area (Å²) in [4.78, 5) is 14.5.